The van der Waals surface area contributed by atoms with Gasteiger partial charge in [-0.15, -0.1) is 0 Å². The molecule has 3 aromatic rings. The van der Waals surface area contributed by atoms with Crippen LogP contribution in [0.3, 0.4) is 0 Å². The number of benzene rings is 3. The van der Waals surface area contributed by atoms with Crippen LogP contribution in [0.2, 0.25) is 0 Å². The molecule has 0 spiro atoms. The molecule has 0 radical (unpaired) electrons. The first kappa shape index (κ1) is 19.8. The quantitative estimate of drug-likeness (QED) is 0.567. The molecule has 0 aliphatic carbocycles. The minimum atomic E-state index is -0.253. The molecule has 0 saturated carbocycles. The topological polar surface area (TPSA) is 42.0 Å². The normalized spacial score (nSPS) is 17.4. The van der Waals surface area contributed by atoms with Crippen LogP contribution < -0.4 is 9.47 Å². The van der Waals surface area contributed by atoms with Crippen molar-refractivity contribution in [3.63, 3.8) is 0 Å². The maximum atomic E-state index is 13.4. The Bertz CT molecular complexity index is 1030. The molecular weight excluding hydrogens is 388 g/mol. The fourth-order valence-electron chi connectivity index (χ4n) is 4.40. The second-order valence-corrected chi connectivity index (χ2v) is 8.04. The summed E-state index contributed by atoms with van der Waals surface area (Å²) >= 11 is 0. The molecule has 0 N–H and O–H groups in total. The van der Waals surface area contributed by atoms with Gasteiger partial charge in [0.1, 0.15) is 0 Å². The predicted molar refractivity (Wildman–Crippen MR) is 119 cm³/mol. The zero-order chi connectivity index (χ0) is 21.0. The van der Waals surface area contributed by atoms with Crippen LogP contribution in [0.15, 0.2) is 78.9 Å². The highest BCUT2D eigenvalue weighted by molar-refractivity contribution is 6.00. The van der Waals surface area contributed by atoms with E-state index in [0.717, 1.165) is 55.3 Å². The SMILES string of the molecule is O=C(c1ccccc1)[C@@H](c1ccccc1)N1CCN(Cc2ccc3c(c2)OCO3)CC1. The molecule has 0 aromatic heterocycles. The van der Waals surface area contributed by atoms with Crippen LogP contribution in [-0.4, -0.2) is 48.6 Å². The van der Waals surface area contributed by atoms with Crippen LogP contribution in [0.25, 0.3) is 0 Å². The number of Topliss-reactive ketones (excluding diaryl/α,β-unsaturated/α-hetero) is 1. The average molecular weight is 415 g/mol. The van der Waals surface area contributed by atoms with E-state index in [2.05, 4.69) is 34.1 Å². The summed E-state index contributed by atoms with van der Waals surface area (Å²) < 4.78 is 10.9. The van der Waals surface area contributed by atoms with Gasteiger partial charge in [-0.05, 0) is 23.3 Å². The third-order valence-electron chi connectivity index (χ3n) is 6.04. The number of carbonyl (C=O) groups is 1. The van der Waals surface area contributed by atoms with Gasteiger partial charge in [0.2, 0.25) is 6.79 Å². The van der Waals surface area contributed by atoms with Gasteiger partial charge < -0.3 is 9.47 Å². The highest BCUT2D eigenvalue weighted by Gasteiger charge is 2.31. The monoisotopic (exact) mass is 414 g/mol. The number of fused-ring (bicyclic) bond motifs is 1. The highest BCUT2D eigenvalue weighted by Crippen LogP contribution is 2.33. The van der Waals surface area contributed by atoms with Crippen LogP contribution in [-0.2, 0) is 6.54 Å². The zero-order valence-electron chi connectivity index (χ0n) is 17.4. The molecule has 2 aliphatic rings. The van der Waals surface area contributed by atoms with E-state index in [9.17, 15) is 4.79 Å². The Hall–Kier alpha value is -3.15. The Kier molecular flexibility index (Phi) is 5.69. The van der Waals surface area contributed by atoms with E-state index in [-0.39, 0.29) is 11.8 Å². The van der Waals surface area contributed by atoms with Crippen LogP contribution in [0.5, 0.6) is 11.5 Å². The maximum Gasteiger partial charge on any atom is 0.231 e. The molecule has 0 unspecified atom stereocenters. The van der Waals surface area contributed by atoms with E-state index >= 15 is 0 Å². The molecular formula is C26H26N2O3. The van der Waals surface area contributed by atoms with E-state index in [1.54, 1.807) is 0 Å². The molecule has 0 amide bonds. The summed E-state index contributed by atoms with van der Waals surface area (Å²) in [7, 11) is 0. The second kappa shape index (κ2) is 8.92. The molecule has 31 heavy (non-hydrogen) atoms. The summed E-state index contributed by atoms with van der Waals surface area (Å²) in [5.74, 6) is 1.81. The fourth-order valence-corrected chi connectivity index (χ4v) is 4.40. The molecule has 1 saturated heterocycles. The zero-order valence-corrected chi connectivity index (χ0v) is 17.4. The van der Waals surface area contributed by atoms with Crippen molar-refractivity contribution in [1.29, 1.82) is 0 Å². The first-order valence-electron chi connectivity index (χ1n) is 10.8. The first-order chi connectivity index (χ1) is 15.3. The van der Waals surface area contributed by atoms with Crippen molar-refractivity contribution in [2.75, 3.05) is 33.0 Å². The maximum absolute atomic E-state index is 13.4. The first-order valence-corrected chi connectivity index (χ1v) is 10.8. The van der Waals surface area contributed by atoms with Crippen LogP contribution in [0.1, 0.15) is 27.5 Å². The second-order valence-electron chi connectivity index (χ2n) is 8.04. The summed E-state index contributed by atoms with van der Waals surface area (Å²) in [5, 5.41) is 0. The van der Waals surface area contributed by atoms with Gasteiger partial charge in [-0.3, -0.25) is 14.6 Å². The lowest BCUT2D eigenvalue weighted by Gasteiger charge is -2.39. The molecule has 2 aliphatic heterocycles. The van der Waals surface area contributed by atoms with E-state index in [1.807, 2.05) is 54.6 Å². The van der Waals surface area contributed by atoms with Crippen molar-refractivity contribution in [3.8, 4) is 11.5 Å². The number of nitrogens with zero attached hydrogens (tertiary/aromatic N) is 2. The number of hydrogen-bond donors (Lipinski definition) is 0. The molecule has 2 heterocycles. The average Bonchev–Trinajstić information content (AvgIpc) is 3.30. The predicted octanol–water partition coefficient (Wildman–Crippen LogP) is 4.16. The van der Waals surface area contributed by atoms with Crippen LogP contribution in [0.4, 0.5) is 0 Å². The van der Waals surface area contributed by atoms with Crippen LogP contribution in [0, 0.1) is 0 Å². The molecule has 5 nitrogen and oxygen atoms in total. The number of ether oxygens (including phenoxy) is 2. The lowest BCUT2D eigenvalue weighted by atomic mass is 9.95. The summed E-state index contributed by atoms with van der Waals surface area (Å²) in [5.41, 5.74) is 3.04. The van der Waals surface area contributed by atoms with Crippen molar-refractivity contribution in [3.05, 3.63) is 95.6 Å². The van der Waals surface area contributed by atoms with Crippen molar-refractivity contribution < 1.29 is 14.3 Å². The Morgan fingerprint density at radius 1 is 0.806 bits per heavy atom. The molecule has 5 heteroatoms. The number of hydrogen-bond acceptors (Lipinski definition) is 5. The van der Waals surface area contributed by atoms with Crippen molar-refractivity contribution in [2.24, 2.45) is 0 Å². The standard InChI is InChI=1S/C26H26N2O3/c29-26(22-9-5-2-6-10-22)25(21-7-3-1-4-8-21)28-15-13-27(14-16-28)18-20-11-12-23-24(17-20)31-19-30-23/h1-12,17,25H,13-16,18-19H2/t25-/m1/s1. The molecule has 1 fully saturated rings. The van der Waals surface area contributed by atoms with E-state index < -0.39 is 0 Å². The lowest BCUT2D eigenvalue weighted by molar-refractivity contribution is 0.0650. The minimum Gasteiger partial charge on any atom is -0.454 e. The van der Waals surface area contributed by atoms with E-state index in [1.165, 1.54) is 5.56 Å². The summed E-state index contributed by atoms with van der Waals surface area (Å²) in [6.07, 6.45) is 0. The number of carbonyl (C=O) groups excluding carboxylic acids is 1. The summed E-state index contributed by atoms with van der Waals surface area (Å²) in [6, 6.07) is 25.7. The van der Waals surface area contributed by atoms with Gasteiger partial charge in [0.15, 0.2) is 17.3 Å². The van der Waals surface area contributed by atoms with Crippen LogP contribution >= 0.6 is 0 Å². The Balaban J connectivity index is 1.29. The van der Waals surface area contributed by atoms with E-state index in [4.69, 9.17) is 9.47 Å². The van der Waals surface area contributed by atoms with Gasteiger partial charge in [-0.25, -0.2) is 0 Å². The smallest absolute Gasteiger partial charge is 0.231 e. The van der Waals surface area contributed by atoms with Gasteiger partial charge in [0.05, 0.1) is 6.04 Å². The summed E-state index contributed by atoms with van der Waals surface area (Å²) in [4.78, 5) is 18.2. The molecule has 0 bridgehead atoms. The molecule has 158 valence electrons. The Morgan fingerprint density at radius 2 is 1.48 bits per heavy atom. The minimum absolute atomic E-state index is 0.163. The van der Waals surface area contributed by atoms with Gasteiger partial charge in [-0.2, -0.15) is 0 Å². The molecule has 5 rings (SSSR count). The number of piperazine rings is 1. The van der Waals surface area contributed by atoms with Gasteiger partial charge in [-0.1, -0.05) is 66.7 Å². The summed E-state index contributed by atoms with van der Waals surface area (Å²) in [6.45, 7) is 4.70. The van der Waals surface area contributed by atoms with Crippen molar-refractivity contribution >= 4 is 5.78 Å². The highest BCUT2D eigenvalue weighted by atomic mass is 16.7. The van der Waals surface area contributed by atoms with E-state index in [0.29, 0.717) is 6.79 Å². The van der Waals surface area contributed by atoms with Gasteiger partial charge >= 0.3 is 0 Å². The Labute approximate surface area is 182 Å². The van der Waals surface area contributed by atoms with Gasteiger partial charge in [0, 0.05) is 38.3 Å². The largest absolute Gasteiger partial charge is 0.454 e. The molecule has 1 atom stereocenters. The van der Waals surface area contributed by atoms with Crippen molar-refractivity contribution in [1.82, 2.24) is 9.80 Å². The number of rotatable bonds is 6. The van der Waals surface area contributed by atoms with Gasteiger partial charge in [0.25, 0.3) is 0 Å². The third-order valence-corrected chi connectivity index (χ3v) is 6.04. The number of ketones is 1. The third kappa shape index (κ3) is 4.33. The van der Waals surface area contributed by atoms with Crippen molar-refractivity contribution in [2.45, 2.75) is 12.6 Å². The fraction of sp³-hybridized carbons (Fsp3) is 0.269. The molecule has 3 aromatic carbocycles. The Morgan fingerprint density at radius 3 is 2.23 bits per heavy atom. The lowest BCUT2D eigenvalue weighted by Crippen LogP contribution is -2.48.